The Morgan fingerprint density at radius 1 is 0.304 bits per heavy atom. The number of hydrogen-bond donors (Lipinski definition) is 0. The van der Waals surface area contributed by atoms with Gasteiger partial charge in [0.1, 0.15) is 13.2 Å². The maximum atomic E-state index is 12.8. The zero-order valence-electron chi connectivity index (χ0n) is 43.0. The molecule has 378 valence electrons. The summed E-state index contributed by atoms with van der Waals surface area (Å²) in [6, 6.07) is 0. The Hall–Kier alpha value is -5.75. The molecular formula is C63H90O6. The predicted molar refractivity (Wildman–Crippen MR) is 297 cm³/mol. The van der Waals surface area contributed by atoms with Gasteiger partial charge in [-0.2, -0.15) is 0 Å². The maximum Gasteiger partial charge on any atom is 0.306 e. The average Bonchev–Trinajstić information content (AvgIpc) is 3.35. The lowest BCUT2D eigenvalue weighted by Gasteiger charge is -2.18. The van der Waals surface area contributed by atoms with E-state index in [-0.39, 0.29) is 38.4 Å². The standard InChI is InChI=1S/C63H90O6/c1-4-7-10-13-16-19-22-25-27-29-31-33-35-38-41-44-47-50-53-56-62(65)68-59-60(58-67-61(64)55-52-49-46-43-40-37-24-21-18-15-12-9-6-3)69-63(66)57-54-51-48-45-42-39-36-34-32-30-28-26-23-20-17-14-11-8-5-2/h7-12,15-21,24-28,31-34,37-43,46-47,50,60H,4-6,13-14,22-23,29-30,35-36,44-45,48-49,51-59H2,1-3H3/b10-7-,11-8-,12-9-,18-15-,19-16-,20-17-,24-21-,27-25-,28-26-,33-31-,34-32-,40-37-,41-38-,42-39-,46-43-,50-47-. The first-order valence-electron chi connectivity index (χ1n) is 26.0. The fraction of sp³-hybridized carbons (Fsp3) is 0.444. The third-order valence-corrected chi connectivity index (χ3v) is 9.72. The zero-order chi connectivity index (χ0) is 50.0. The smallest absolute Gasteiger partial charge is 0.306 e. The van der Waals surface area contributed by atoms with Crippen molar-refractivity contribution < 1.29 is 28.6 Å². The Kier molecular flexibility index (Phi) is 50.3. The van der Waals surface area contributed by atoms with Crippen molar-refractivity contribution in [2.75, 3.05) is 13.2 Å². The Bertz CT molecular complexity index is 1750. The first-order chi connectivity index (χ1) is 34.0. The molecule has 0 radical (unpaired) electrons. The second-order valence-corrected chi connectivity index (χ2v) is 16.1. The van der Waals surface area contributed by atoms with Gasteiger partial charge in [-0.1, -0.05) is 222 Å². The van der Waals surface area contributed by atoms with E-state index in [1.165, 1.54) is 0 Å². The highest BCUT2D eigenvalue weighted by molar-refractivity contribution is 5.71. The summed E-state index contributed by atoms with van der Waals surface area (Å²) in [5.41, 5.74) is 0. The molecule has 0 aliphatic carbocycles. The molecule has 69 heavy (non-hydrogen) atoms. The Balaban J connectivity index is 4.70. The lowest BCUT2D eigenvalue weighted by molar-refractivity contribution is -0.166. The second kappa shape index (κ2) is 54.9. The van der Waals surface area contributed by atoms with Gasteiger partial charge in [-0.05, 0) is 116 Å². The molecule has 0 aliphatic heterocycles. The van der Waals surface area contributed by atoms with Crippen molar-refractivity contribution >= 4 is 17.9 Å². The van der Waals surface area contributed by atoms with Gasteiger partial charge in [-0.3, -0.25) is 14.4 Å². The minimum absolute atomic E-state index is 0.164. The number of hydrogen-bond acceptors (Lipinski definition) is 6. The third kappa shape index (κ3) is 53.1. The minimum atomic E-state index is -0.867. The second-order valence-electron chi connectivity index (χ2n) is 16.1. The molecular weight excluding hydrogens is 853 g/mol. The number of esters is 3. The summed E-state index contributed by atoms with van der Waals surface area (Å²) in [5.74, 6) is -1.17. The van der Waals surface area contributed by atoms with E-state index in [2.05, 4.69) is 148 Å². The lowest BCUT2D eigenvalue weighted by atomic mass is 10.1. The molecule has 1 unspecified atom stereocenters. The summed E-state index contributed by atoms with van der Waals surface area (Å²) < 4.78 is 16.6. The first-order valence-corrected chi connectivity index (χ1v) is 26.0. The fourth-order valence-corrected chi connectivity index (χ4v) is 5.93. The quantitative estimate of drug-likeness (QED) is 0.0199. The molecule has 6 heteroatoms. The zero-order valence-corrected chi connectivity index (χ0v) is 43.0. The summed E-state index contributed by atoms with van der Waals surface area (Å²) in [6.45, 7) is 6.06. The lowest BCUT2D eigenvalue weighted by Crippen LogP contribution is -2.30. The molecule has 0 aliphatic rings. The van der Waals surface area contributed by atoms with Crippen LogP contribution in [0.4, 0.5) is 0 Å². The van der Waals surface area contributed by atoms with Gasteiger partial charge < -0.3 is 14.2 Å². The number of carbonyl (C=O) groups excluding carboxylic acids is 3. The third-order valence-electron chi connectivity index (χ3n) is 9.72. The van der Waals surface area contributed by atoms with Crippen LogP contribution in [0.25, 0.3) is 0 Å². The minimum Gasteiger partial charge on any atom is -0.462 e. The Morgan fingerprint density at radius 2 is 0.638 bits per heavy atom. The molecule has 0 amide bonds. The normalized spacial score (nSPS) is 13.7. The molecule has 0 saturated heterocycles. The molecule has 0 bridgehead atoms. The van der Waals surface area contributed by atoms with Crippen LogP contribution >= 0.6 is 0 Å². The van der Waals surface area contributed by atoms with Crippen LogP contribution in [0.15, 0.2) is 194 Å². The van der Waals surface area contributed by atoms with E-state index in [1.54, 1.807) is 0 Å². The molecule has 0 spiro atoms. The predicted octanol–water partition coefficient (Wildman–Crippen LogP) is 17.5. The van der Waals surface area contributed by atoms with Crippen LogP contribution in [0, 0.1) is 0 Å². The van der Waals surface area contributed by atoms with Crippen LogP contribution < -0.4 is 0 Å². The molecule has 0 N–H and O–H groups in total. The van der Waals surface area contributed by atoms with Crippen LogP contribution in [-0.2, 0) is 28.6 Å². The SMILES string of the molecule is CC\C=C/C=C\C=C/C=C\C=C/CCCC(=O)OCC(COC(=O)CC/C=C\C/C=C\C/C=C\C/C=C\C/C=C\C/C=C\CC)OC(=O)CCCCC/C=C\C/C=C\C/C=C\C/C=C\C/C=C\CC. The Labute approximate surface area is 420 Å². The first kappa shape index (κ1) is 63.2. The number of carbonyl (C=O) groups is 3. The molecule has 6 nitrogen and oxygen atoms in total. The van der Waals surface area contributed by atoms with E-state index in [4.69, 9.17) is 14.2 Å². The van der Waals surface area contributed by atoms with Crippen molar-refractivity contribution in [1.82, 2.24) is 0 Å². The summed E-state index contributed by atoms with van der Waals surface area (Å²) in [4.78, 5) is 38.0. The van der Waals surface area contributed by atoms with Crippen LogP contribution in [-0.4, -0.2) is 37.2 Å². The van der Waals surface area contributed by atoms with E-state index in [1.807, 2.05) is 66.8 Å². The van der Waals surface area contributed by atoms with Crippen molar-refractivity contribution in [3.8, 4) is 0 Å². The monoisotopic (exact) mass is 943 g/mol. The van der Waals surface area contributed by atoms with Crippen molar-refractivity contribution in [1.29, 1.82) is 0 Å². The molecule has 0 saturated carbocycles. The summed E-state index contributed by atoms with van der Waals surface area (Å²) >= 11 is 0. The van der Waals surface area contributed by atoms with Crippen LogP contribution in [0.3, 0.4) is 0 Å². The van der Waals surface area contributed by atoms with Crippen molar-refractivity contribution in [3.63, 3.8) is 0 Å². The van der Waals surface area contributed by atoms with E-state index in [0.717, 1.165) is 103 Å². The number of allylic oxidation sites excluding steroid dienone is 32. The van der Waals surface area contributed by atoms with Gasteiger partial charge in [0.2, 0.25) is 0 Å². The van der Waals surface area contributed by atoms with E-state index in [9.17, 15) is 14.4 Å². The van der Waals surface area contributed by atoms with E-state index >= 15 is 0 Å². The molecule has 1 atom stereocenters. The van der Waals surface area contributed by atoms with Gasteiger partial charge in [0.15, 0.2) is 6.10 Å². The summed E-state index contributed by atoms with van der Waals surface area (Å²) in [6.07, 6.45) is 84.3. The van der Waals surface area contributed by atoms with Gasteiger partial charge in [-0.25, -0.2) is 0 Å². The van der Waals surface area contributed by atoms with Crippen molar-refractivity contribution in [2.45, 2.75) is 168 Å². The number of unbranched alkanes of at least 4 members (excludes halogenated alkanes) is 4. The molecule has 0 aromatic rings. The molecule has 0 rings (SSSR count). The van der Waals surface area contributed by atoms with Gasteiger partial charge in [0, 0.05) is 19.3 Å². The van der Waals surface area contributed by atoms with Crippen molar-refractivity contribution in [3.05, 3.63) is 194 Å². The summed E-state index contributed by atoms with van der Waals surface area (Å²) in [7, 11) is 0. The number of ether oxygens (including phenoxy) is 3. The van der Waals surface area contributed by atoms with Crippen molar-refractivity contribution in [2.24, 2.45) is 0 Å². The Morgan fingerprint density at radius 3 is 1.07 bits per heavy atom. The highest BCUT2D eigenvalue weighted by atomic mass is 16.6. The maximum absolute atomic E-state index is 12.8. The average molecular weight is 943 g/mol. The van der Waals surface area contributed by atoms with E-state index in [0.29, 0.717) is 19.3 Å². The van der Waals surface area contributed by atoms with Gasteiger partial charge in [0.05, 0.1) is 0 Å². The fourth-order valence-electron chi connectivity index (χ4n) is 5.93. The van der Waals surface area contributed by atoms with Crippen LogP contribution in [0.1, 0.15) is 162 Å². The van der Waals surface area contributed by atoms with Gasteiger partial charge in [0.25, 0.3) is 0 Å². The van der Waals surface area contributed by atoms with Crippen LogP contribution in [0.5, 0.6) is 0 Å². The number of rotatable bonds is 43. The molecule has 0 heterocycles. The van der Waals surface area contributed by atoms with E-state index < -0.39 is 18.0 Å². The highest BCUT2D eigenvalue weighted by Crippen LogP contribution is 2.09. The van der Waals surface area contributed by atoms with Crippen LogP contribution in [0.2, 0.25) is 0 Å². The van der Waals surface area contributed by atoms with Gasteiger partial charge >= 0.3 is 17.9 Å². The highest BCUT2D eigenvalue weighted by Gasteiger charge is 2.19. The summed E-state index contributed by atoms with van der Waals surface area (Å²) in [5, 5.41) is 0. The molecule has 0 aromatic heterocycles. The topological polar surface area (TPSA) is 78.9 Å². The molecule has 0 fully saturated rings. The largest absolute Gasteiger partial charge is 0.462 e. The molecule has 0 aromatic carbocycles. The van der Waals surface area contributed by atoms with Gasteiger partial charge in [-0.15, -0.1) is 0 Å².